The fourth-order valence-electron chi connectivity index (χ4n) is 2.52. The number of benzene rings is 1. The van der Waals surface area contributed by atoms with Gasteiger partial charge in [0.25, 0.3) is 0 Å². The molecule has 1 aliphatic rings. The van der Waals surface area contributed by atoms with Crippen LogP contribution in [0.1, 0.15) is 11.8 Å². The van der Waals surface area contributed by atoms with Crippen LogP contribution in [0.15, 0.2) is 30.5 Å². The van der Waals surface area contributed by atoms with E-state index in [9.17, 15) is 0 Å². The fraction of sp³-hybridized carbons (Fsp3) is 0.438. The highest BCUT2D eigenvalue weighted by Gasteiger charge is 2.14. The largest absolute Gasteiger partial charge is 0.493 e. The zero-order chi connectivity index (χ0) is 14.5. The zero-order valence-corrected chi connectivity index (χ0v) is 13.2. The molecule has 0 spiro atoms. The van der Waals surface area contributed by atoms with Crippen molar-refractivity contribution in [2.75, 3.05) is 32.8 Å². The maximum atomic E-state index is 5.70. The Bertz CT molecular complexity index is 578. The van der Waals surface area contributed by atoms with Gasteiger partial charge in [-0.3, -0.25) is 4.90 Å². The Kier molecular flexibility index (Phi) is 4.85. The number of ether oxygens (including phenoxy) is 1. The molecule has 2 aromatic rings. The van der Waals surface area contributed by atoms with E-state index < -0.39 is 0 Å². The highest BCUT2D eigenvalue weighted by molar-refractivity contribution is 7.15. The predicted molar refractivity (Wildman–Crippen MR) is 86.9 cm³/mol. The molecule has 1 aromatic carbocycles. The van der Waals surface area contributed by atoms with Gasteiger partial charge in [0.1, 0.15) is 10.8 Å². The van der Waals surface area contributed by atoms with Crippen LogP contribution in [0.4, 0.5) is 0 Å². The Morgan fingerprint density at radius 1 is 1.29 bits per heavy atom. The minimum absolute atomic E-state index is 0.677. The molecule has 0 saturated carbocycles. The van der Waals surface area contributed by atoms with E-state index >= 15 is 0 Å². The second-order valence-corrected chi connectivity index (χ2v) is 6.20. The second kappa shape index (κ2) is 7.02. The fourth-order valence-corrected chi connectivity index (χ4v) is 3.50. The Morgan fingerprint density at radius 2 is 2.10 bits per heavy atom. The molecule has 2 heterocycles. The topological polar surface area (TPSA) is 37.4 Å². The van der Waals surface area contributed by atoms with Crippen LogP contribution in [0.5, 0.6) is 5.75 Å². The van der Waals surface area contributed by atoms with E-state index in [1.54, 1.807) is 11.3 Å². The van der Waals surface area contributed by atoms with Gasteiger partial charge in [-0.25, -0.2) is 4.98 Å². The number of rotatable bonds is 5. The van der Waals surface area contributed by atoms with Crippen LogP contribution in [-0.2, 0) is 6.54 Å². The monoisotopic (exact) mass is 303 g/mol. The van der Waals surface area contributed by atoms with Gasteiger partial charge >= 0.3 is 0 Å². The molecule has 0 radical (unpaired) electrons. The van der Waals surface area contributed by atoms with Gasteiger partial charge in [0.15, 0.2) is 0 Å². The molecule has 1 saturated heterocycles. The summed E-state index contributed by atoms with van der Waals surface area (Å²) in [5, 5.41) is 4.43. The molecule has 0 unspecified atom stereocenters. The van der Waals surface area contributed by atoms with Crippen molar-refractivity contribution in [2.45, 2.75) is 13.5 Å². The molecule has 4 nitrogen and oxygen atoms in total. The van der Waals surface area contributed by atoms with Crippen LogP contribution < -0.4 is 10.1 Å². The second-order valence-electron chi connectivity index (χ2n) is 5.09. The van der Waals surface area contributed by atoms with Crippen LogP contribution >= 0.6 is 11.3 Å². The third kappa shape index (κ3) is 3.61. The summed E-state index contributed by atoms with van der Waals surface area (Å²) in [6.07, 6.45) is 2.00. The first-order valence-corrected chi connectivity index (χ1v) is 8.28. The molecule has 1 aliphatic heterocycles. The number of aromatic nitrogens is 1. The van der Waals surface area contributed by atoms with Crippen molar-refractivity contribution in [2.24, 2.45) is 0 Å². The van der Waals surface area contributed by atoms with Crippen LogP contribution in [0.3, 0.4) is 0 Å². The van der Waals surface area contributed by atoms with E-state index in [2.05, 4.69) is 21.3 Å². The normalized spacial score (nSPS) is 16.0. The Morgan fingerprint density at radius 3 is 2.90 bits per heavy atom. The van der Waals surface area contributed by atoms with E-state index in [1.165, 1.54) is 4.88 Å². The summed E-state index contributed by atoms with van der Waals surface area (Å²) >= 11 is 1.77. The average molecular weight is 303 g/mol. The maximum Gasteiger partial charge on any atom is 0.129 e. The van der Waals surface area contributed by atoms with Crippen LogP contribution in [0.2, 0.25) is 0 Å². The van der Waals surface area contributed by atoms with Gasteiger partial charge in [0, 0.05) is 43.8 Å². The van der Waals surface area contributed by atoms with Gasteiger partial charge < -0.3 is 10.1 Å². The van der Waals surface area contributed by atoms with Crippen molar-refractivity contribution in [1.82, 2.24) is 15.2 Å². The number of piperazine rings is 1. The molecule has 1 N–H and O–H groups in total. The first kappa shape index (κ1) is 14.5. The number of nitrogens with one attached hydrogen (secondary N) is 1. The lowest BCUT2D eigenvalue weighted by Crippen LogP contribution is -2.42. The van der Waals surface area contributed by atoms with E-state index in [4.69, 9.17) is 4.74 Å². The van der Waals surface area contributed by atoms with Gasteiger partial charge in [-0.15, -0.1) is 11.3 Å². The molecular formula is C16H21N3OS. The van der Waals surface area contributed by atoms with E-state index in [0.717, 1.165) is 49.0 Å². The molecule has 0 aliphatic carbocycles. The van der Waals surface area contributed by atoms with Crippen LogP contribution in [0.25, 0.3) is 10.6 Å². The summed E-state index contributed by atoms with van der Waals surface area (Å²) < 4.78 is 5.70. The zero-order valence-electron chi connectivity index (χ0n) is 12.3. The standard InChI is InChI=1S/C16H21N3OS/c1-2-20-15-6-4-3-5-14(15)16-18-11-13(21-16)12-19-9-7-17-8-10-19/h3-6,11,17H,2,7-10,12H2,1H3. The maximum absolute atomic E-state index is 5.70. The molecule has 21 heavy (non-hydrogen) atoms. The Labute approximate surface area is 129 Å². The molecule has 3 rings (SSSR count). The van der Waals surface area contributed by atoms with E-state index in [1.807, 2.05) is 31.3 Å². The number of hydrogen-bond donors (Lipinski definition) is 1. The first-order valence-electron chi connectivity index (χ1n) is 7.47. The van der Waals surface area contributed by atoms with Crippen molar-refractivity contribution in [3.05, 3.63) is 35.3 Å². The Hall–Kier alpha value is -1.43. The smallest absolute Gasteiger partial charge is 0.129 e. The molecule has 0 amide bonds. The third-order valence-corrected chi connectivity index (χ3v) is 4.58. The molecular weight excluding hydrogens is 282 g/mol. The quantitative estimate of drug-likeness (QED) is 0.921. The summed E-state index contributed by atoms with van der Waals surface area (Å²) in [4.78, 5) is 8.38. The number of hydrogen-bond acceptors (Lipinski definition) is 5. The van der Waals surface area contributed by atoms with Crippen molar-refractivity contribution >= 4 is 11.3 Å². The van der Waals surface area contributed by atoms with Crippen molar-refractivity contribution in [1.29, 1.82) is 0 Å². The van der Waals surface area contributed by atoms with Crippen LogP contribution in [-0.4, -0.2) is 42.7 Å². The highest BCUT2D eigenvalue weighted by Crippen LogP contribution is 2.33. The average Bonchev–Trinajstić information content (AvgIpc) is 2.97. The third-order valence-electron chi connectivity index (χ3n) is 3.56. The summed E-state index contributed by atoms with van der Waals surface area (Å²) in [5.41, 5.74) is 1.09. The number of nitrogens with zero attached hydrogens (tertiary/aromatic N) is 2. The molecule has 0 bridgehead atoms. The lowest BCUT2D eigenvalue weighted by molar-refractivity contribution is 0.235. The minimum Gasteiger partial charge on any atom is -0.493 e. The lowest BCUT2D eigenvalue weighted by atomic mass is 10.2. The summed E-state index contributed by atoms with van der Waals surface area (Å²) in [6.45, 7) is 8.07. The Balaban J connectivity index is 1.75. The summed E-state index contributed by atoms with van der Waals surface area (Å²) in [7, 11) is 0. The van der Waals surface area contributed by atoms with Gasteiger partial charge in [-0.05, 0) is 19.1 Å². The van der Waals surface area contributed by atoms with Gasteiger partial charge in [0.05, 0.1) is 12.2 Å². The molecule has 112 valence electrons. The highest BCUT2D eigenvalue weighted by atomic mass is 32.1. The van der Waals surface area contributed by atoms with Gasteiger partial charge in [0.2, 0.25) is 0 Å². The molecule has 5 heteroatoms. The van der Waals surface area contributed by atoms with Crippen molar-refractivity contribution in [3.8, 4) is 16.3 Å². The van der Waals surface area contributed by atoms with Crippen molar-refractivity contribution in [3.63, 3.8) is 0 Å². The SMILES string of the molecule is CCOc1ccccc1-c1ncc(CN2CCNCC2)s1. The summed E-state index contributed by atoms with van der Waals surface area (Å²) in [5.74, 6) is 0.920. The first-order chi connectivity index (χ1) is 10.4. The van der Waals surface area contributed by atoms with E-state index in [-0.39, 0.29) is 0 Å². The summed E-state index contributed by atoms with van der Waals surface area (Å²) in [6, 6.07) is 8.13. The molecule has 0 atom stereocenters. The van der Waals surface area contributed by atoms with Crippen molar-refractivity contribution < 1.29 is 4.74 Å². The lowest BCUT2D eigenvalue weighted by Gasteiger charge is -2.26. The predicted octanol–water partition coefficient (Wildman–Crippen LogP) is 2.61. The number of para-hydroxylation sites is 1. The van der Waals surface area contributed by atoms with Gasteiger partial charge in [-0.2, -0.15) is 0 Å². The van der Waals surface area contributed by atoms with E-state index in [0.29, 0.717) is 6.61 Å². The van der Waals surface area contributed by atoms with Gasteiger partial charge in [-0.1, -0.05) is 12.1 Å². The van der Waals surface area contributed by atoms with Crippen LogP contribution in [0, 0.1) is 0 Å². The molecule has 1 aromatic heterocycles. The minimum atomic E-state index is 0.677. The molecule has 1 fully saturated rings. The number of thiazole rings is 1.